The first kappa shape index (κ1) is 25.4. The van der Waals surface area contributed by atoms with E-state index < -0.39 is 17.7 Å². The molecule has 2 aliphatic heterocycles. The lowest BCUT2D eigenvalue weighted by molar-refractivity contribution is -0.140. The van der Waals surface area contributed by atoms with Gasteiger partial charge in [-0.3, -0.25) is 9.59 Å². The Morgan fingerprint density at radius 3 is 2.66 bits per heavy atom. The molecule has 0 radical (unpaired) electrons. The van der Waals surface area contributed by atoms with Gasteiger partial charge in [0, 0.05) is 12.0 Å². The van der Waals surface area contributed by atoms with Gasteiger partial charge in [0.2, 0.25) is 0 Å². The molecule has 38 heavy (non-hydrogen) atoms. The molecular formula is C30H31NO7. The van der Waals surface area contributed by atoms with E-state index in [0.29, 0.717) is 48.0 Å². The number of amides is 1. The molecule has 0 saturated carbocycles. The van der Waals surface area contributed by atoms with Crippen molar-refractivity contribution in [2.75, 3.05) is 13.2 Å². The zero-order valence-corrected chi connectivity index (χ0v) is 21.7. The minimum Gasteiger partial charge on any atom is -0.507 e. The lowest BCUT2D eigenvalue weighted by atomic mass is 9.94. The number of benzene rings is 2. The van der Waals surface area contributed by atoms with Gasteiger partial charge in [0.25, 0.3) is 11.7 Å². The van der Waals surface area contributed by atoms with E-state index in [4.69, 9.17) is 18.6 Å². The van der Waals surface area contributed by atoms with E-state index in [-0.39, 0.29) is 24.0 Å². The molecule has 8 heteroatoms. The number of likely N-dealkylation sites (tertiary alicyclic amines) is 1. The second-order valence-corrected chi connectivity index (χ2v) is 9.45. The number of carbonyl (C=O) groups is 2. The van der Waals surface area contributed by atoms with E-state index in [0.717, 1.165) is 17.7 Å². The highest BCUT2D eigenvalue weighted by atomic mass is 16.5. The summed E-state index contributed by atoms with van der Waals surface area (Å²) in [6, 6.07) is 13.3. The maximum absolute atomic E-state index is 13.4. The van der Waals surface area contributed by atoms with Gasteiger partial charge in [-0.1, -0.05) is 13.0 Å². The third-order valence-electron chi connectivity index (χ3n) is 6.66. The van der Waals surface area contributed by atoms with Crippen molar-refractivity contribution in [3.05, 3.63) is 82.8 Å². The maximum Gasteiger partial charge on any atom is 0.296 e. The van der Waals surface area contributed by atoms with E-state index in [1.165, 1.54) is 11.2 Å². The van der Waals surface area contributed by atoms with Gasteiger partial charge in [-0.25, -0.2) is 0 Å². The summed E-state index contributed by atoms with van der Waals surface area (Å²) in [6.45, 7) is 6.86. The first-order valence-electron chi connectivity index (χ1n) is 12.9. The Labute approximate surface area is 221 Å². The van der Waals surface area contributed by atoms with E-state index in [1.807, 2.05) is 26.8 Å². The molecule has 198 valence electrons. The zero-order valence-electron chi connectivity index (χ0n) is 21.7. The Kier molecular flexibility index (Phi) is 7.13. The quantitative estimate of drug-likeness (QED) is 0.230. The number of carbonyl (C=O) groups excluding carboxylic acids is 2. The highest BCUT2D eigenvalue weighted by molar-refractivity contribution is 6.46. The van der Waals surface area contributed by atoms with Crippen molar-refractivity contribution in [1.29, 1.82) is 0 Å². The summed E-state index contributed by atoms with van der Waals surface area (Å²) in [5.41, 5.74) is 2.02. The molecule has 2 aliphatic rings. The number of ether oxygens (including phenoxy) is 3. The average Bonchev–Trinajstić information content (AvgIpc) is 3.62. The van der Waals surface area contributed by atoms with Crippen LogP contribution in [0.25, 0.3) is 5.76 Å². The Morgan fingerprint density at radius 2 is 1.92 bits per heavy atom. The lowest BCUT2D eigenvalue weighted by Gasteiger charge is -2.25. The molecule has 0 spiro atoms. The van der Waals surface area contributed by atoms with E-state index in [2.05, 4.69) is 0 Å². The van der Waals surface area contributed by atoms with Gasteiger partial charge in [0.05, 0.1) is 37.6 Å². The normalized spacial score (nSPS) is 19.9. The molecule has 3 aromatic rings. The number of nitrogens with zero attached hydrogens (tertiary/aromatic N) is 1. The van der Waals surface area contributed by atoms with Crippen LogP contribution in [0, 0.1) is 0 Å². The van der Waals surface area contributed by atoms with Crippen LogP contribution in [0.3, 0.4) is 0 Å². The van der Waals surface area contributed by atoms with Gasteiger partial charge < -0.3 is 28.6 Å². The number of furan rings is 1. The zero-order chi connectivity index (χ0) is 26.8. The van der Waals surface area contributed by atoms with Crippen LogP contribution in [0.2, 0.25) is 0 Å². The molecule has 1 saturated heterocycles. The molecule has 5 rings (SSSR count). The molecule has 1 aromatic heterocycles. The molecule has 8 nitrogen and oxygen atoms in total. The van der Waals surface area contributed by atoms with Crippen molar-refractivity contribution in [1.82, 2.24) is 4.90 Å². The SMILES string of the molecule is CCCOc1ccc(C2/C(=C(\O)c3ccc4c(c3)CC(C)O4)C(=O)C(=O)N2Cc2ccco2)cc1OCC. The lowest BCUT2D eigenvalue weighted by Crippen LogP contribution is -2.29. The van der Waals surface area contributed by atoms with Crippen LogP contribution in [0.5, 0.6) is 17.2 Å². The molecule has 1 N–H and O–H groups in total. The van der Waals surface area contributed by atoms with Crippen LogP contribution >= 0.6 is 0 Å². The van der Waals surface area contributed by atoms with Crippen LogP contribution in [0.4, 0.5) is 0 Å². The molecule has 2 aromatic carbocycles. The molecule has 1 fully saturated rings. The number of hydrogen-bond acceptors (Lipinski definition) is 7. The molecular weight excluding hydrogens is 486 g/mol. The fraction of sp³-hybridized carbons (Fsp3) is 0.333. The maximum atomic E-state index is 13.4. The monoisotopic (exact) mass is 517 g/mol. The summed E-state index contributed by atoms with van der Waals surface area (Å²) in [4.78, 5) is 28.2. The van der Waals surface area contributed by atoms with Gasteiger partial charge in [0.1, 0.15) is 23.4 Å². The number of aliphatic hydroxyl groups excluding tert-OH is 1. The second kappa shape index (κ2) is 10.7. The topological polar surface area (TPSA) is 98.4 Å². The minimum atomic E-state index is -0.858. The number of hydrogen-bond donors (Lipinski definition) is 1. The molecule has 2 atom stereocenters. The average molecular weight is 518 g/mol. The van der Waals surface area contributed by atoms with Crippen molar-refractivity contribution in [2.24, 2.45) is 0 Å². The first-order chi connectivity index (χ1) is 18.4. The fourth-order valence-corrected chi connectivity index (χ4v) is 4.98. The second-order valence-electron chi connectivity index (χ2n) is 9.45. The van der Waals surface area contributed by atoms with Crippen molar-refractivity contribution in [3.63, 3.8) is 0 Å². The minimum absolute atomic E-state index is 0.0122. The molecule has 0 bridgehead atoms. The van der Waals surface area contributed by atoms with Crippen molar-refractivity contribution in [3.8, 4) is 17.2 Å². The van der Waals surface area contributed by atoms with Crippen molar-refractivity contribution in [2.45, 2.75) is 52.3 Å². The number of ketones is 1. The predicted molar refractivity (Wildman–Crippen MR) is 140 cm³/mol. The van der Waals surface area contributed by atoms with Gasteiger partial charge >= 0.3 is 0 Å². The standard InChI is InChI=1S/C30H31NO7/c1-4-12-37-24-11-8-19(16-25(24)35-5-2)27-26(29(33)30(34)31(27)17-22-7-6-13-36-22)28(32)20-9-10-23-21(15-20)14-18(3)38-23/h6-11,13,15-16,18,27,32H,4-5,12,14,17H2,1-3H3/b28-26+. The van der Waals surface area contributed by atoms with Crippen LogP contribution in [0.1, 0.15) is 55.7 Å². The Balaban J connectivity index is 1.63. The fourth-order valence-electron chi connectivity index (χ4n) is 4.98. The number of fused-ring (bicyclic) bond motifs is 1. The van der Waals surface area contributed by atoms with Gasteiger partial charge in [0.15, 0.2) is 11.5 Å². The van der Waals surface area contributed by atoms with Crippen LogP contribution < -0.4 is 14.2 Å². The summed E-state index contributed by atoms with van der Waals surface area (Å²) in [6.07, 6.45) is 3.08. The Morgan fingerprint density at radius 1 is 1.08 bits per heavy atom. The van der Waals surface area contributed by atoms with Crippen LogP contribution in [-0.2, 0) is 22.6 Å². The molecule has 1 amide bonds. The van der Waals surface area contributed by atoms with E-state index >= 15 is 0 Å². The summed E-state index contributed by atoms with van der Waals surface area (Å²) in [5, 5.41) is 11.5. The molecule has 2 unspecified atom stereocenters. The largest absolute Gasteiger partial charge is 0.507 e. The van der Waals surface area contributed by atoms with Gasteiger partial charge in [-0.2, -0.15) is 0 Å². The van der Waals surface area contributed by atoms with E-state index in [9.17, 15) is 14.7 Å². The molecule has 3 heterocycles. The van der Waals surface area contributed by atoms with Gasteiger partial charge in [-0.05, 0) is 73.9 Å². The summed E-state index contributed by atoms with van der Waals surface area (Å²) >= 11 is 0. The third-order valence-corrected chi connectivity index (χ3v) is 6.66. The van der Waals surface area contributed by atoms with Crippen molar-refractivity contribution >= 4 is 17.4 Å². The summed E-state index contributed by atoms with van der Waals surface area (Å²) < 4.78 is 23.0. The summed E-state index contributed by atoms with van der Waals surface area (Å²) in [7, 11) is 0. The highest BCUT2D eigenvalue weighted by Gasteiger charge is 2.46. The Bertz CT molecular complexity index is 1380. The van der Waals surface area contributed by atoms with Crippen molar-refractivity contribution < 1.29 is 33.3 Å². The van der Waals surface area contributed by atoms with Gasteiger partial charge in [-0.15, -0.1) is 0 Å². The number of rotatable bonds is 9. The Hall–Kier alpha value is -4.20. The highest BCUT2D eigenvalue weighted by Crippen LogP contribution is 2.43. The summed E-state index contributed by atoms with van der Waals surface area (Å²) in [5.74, 6) is 0.658. The predicted octanol–water partition coefficient (Wildman–Crippen LogP) is 5.41. The third kappa shape index (κ3) is 4.74. The van der Waals surface area contributed by atoms with E-state index in [1.54, 1.807) is 42.5 Å². The van der Waals surface area contributed by atoms with Crippen LogP contribution in [-0.4, -0.2) is 41.0 Å². The first-order valence-corrected chi connectivity index (χ1v) is 12.9. The number of aliphatic hydroxyl groups is 1. The smallest absolute Gasteiger partial charge is 0.296 e. The molecule has 0 aliphatic carbocycles. The van der Waals surface area contributed by atoms with Crippen LogP contribution in [0.15, 0.2) is 64.8 Å². The number of Topliss-reactive ketones (excluding diaryl/α,β-unsaturated/α-hetero) is 1.